The van der Waals surface area contributed by atoms with Crippen LogP contribution in [0, 0.1) is 0 Å². The van der Waals surface area contributed by atoms with Crippen LogP contribution in [0.4, 0.5) is 0 Å². The Morgan fingerprint density at radius 3 is 1.04 bits per heavy atom. The second-order valence-corrected chi connectivity index (χ2v) is 10.2. The third-order valence-electron chi connectivity index (χ3n) is 6.08. The van der Waals surface area contributed by atoms with Gasteiger partial charge in [0.2, 0.25) is 5.75 Å². The van der Waals surface area contributed by atoms with Crippen molar-refractivity contribution in [1.82, 2.24) is 0 Å². The highest BCUT2D eigenvalue weighted by atomic mass is 16.6. The summed E-state index contributed by atoms with van der Waals surface area (Å²) in [5.41, 5.74) is 0.229. The van der Waals surface area contributed by atoms with Crippen molar-refractivity contribution in [3.05, 3.63) is 17.7 Å². The average Bonchev–Trinajstić information content (AvgIpc) is 3.14. The summed E-state index contributed by atoms with van der Waals surface area (Å²) in [7, 11) is 0. The standard InChI is InChI=1S/C34H60O17/c1-2-6-51-34(38)30-28-31(48-25-22-45-19-16-42-13-10-39-7-3-35)33(50-27-24-47-21-18-44-15-12-41-9-5-37)32(29-30)49-26-23-46-20-17-43-14-11-40-8-4-36/h28-29,35-37H,2-27H2,1H3. The Hall–Kier alpha value is -2.39. The maximum Gasteiger partial charge on any atom is 0.338 e. The van der Waals surface area contributed by atoms with Crippen molar-refractivity contribution < 1.29 is 81.7 Å². The minimum Gasteiger partial charge on any atom is -0.487 e. The molecule has 298 valence electrons. The van der Waals surface area contributed by atoms with E-state index in [-0.39, 0.29) is 109 Å². The number of hydrogen-bond donors (Lipinski definition) is 3. The van der Waals surface area contributed by atoms with Crippen LogP contribution in [-0.2, 0) is 47.4 Å². The molecular formula is C34H60O17. The van der Waals surface area contributed by atoms with Crippen LogP contribution in [0.5, 0.6) is 17.2 Å². The van der Waals surface area contributed by atoms with Gasteiger partial charge in [0.05, 0.1) is 151 Å². The minimum atomic E-state index is -0.532. The molecule has 0 aliphatic carbocycles. The summed E-state index contributed by atoms with van der Waals surface area (Å²) in [5.74, 6) is 0.276. The zero-order valence-corrected chi connectivity index (χ0v) is 30.1. The highest BCUT2D eigenvalue weighted by molar-refractivity contribution is 5.91. The van der Waals surface area contributed by atoms with Gasteiger partial charge in [0.25, 0.3) is 0 Å². The van der Waals surface area contributed by atoms with Crippen molar-refractivity contribution in [2.45, 2.75) is 13.3 Å². The zero-order valence-electron chi connectivity index (χ0n) is 30.1. The van der Waals surface area contributed by atoms with Gasteiger partial charge in [0, 0.05) is 0 Å². The summed E-state index contributed by atoms with van der Waals surface area (Å²) in [4.78, 5) is 12.9. The summed E-state index contributed by atoms with van der Waals surface area (Å²) in [6, 6.07) is 3.09. The third-order valence-corrected chi connectivity index (χ3v) is 6.08. The summed E-state index contributed by atoms with van der Waals surface area (Å²) in [6.45, 7) is 8.47. The van der Waals surface area contributed by atoms with Gasteiger partial charge < -0.3 is 76.9 Å². The smallest absolute Gasteiger partial charge is 0.338 e. The normalized spacial score (nSPS) is 11.2. The van der Waals surface area contributed by atoms with Gasteiger partial charge in [-0.1, -0.05) is 6.92 Å². The van der Waals surface area contributed by atoms with Gasteiger partial charge in [0.15, 0.2) is 11.5 Å². The monoisotopic (exact) mass is 740 g/mol. The Labute approximate surface area is 301 Å². The van der Waals surface area contributed by atoms with Crippen LogP contribution in [0.15, 0.2) is 12.1 Å². The predicted molar refractivity (Wildman–Crippen MR) is 182 cm³/mol. The van der Waals surface area contributed by atoms with Crippen LogP contribution in [0.3, 0.4) is 0 Å². The van der Waals surface area contributed by atoms with Gasteiger partial charge in [-0.2, -0.15) is 0 Å². The van der Waals surface area contributed by atoms with Gasteiger partial charge in [-0.05, 0) is 18.6 Å². The summed E-state index contributed by atoms with van der Waals surface area (Å²) < 4.78 is 72.1. The lowest BCUT2D eigenvalue weighted by atomic mass is 10.2. The van der Waals surface area contributed by atoms with E-state index >= 15 is 0 Å². The third kappa shape index (κ3) is 27.0. The molecule has 17 heteroatoms. The number of carbonyl (C=O) groups excluding carboxylic acids is 1. The molecule has 0 heterocycles. The number of hydrogen-bond acceptors (Lipinski definition) is 17. The first-order chi connectivity index (χ1) is 25.2. The highest BCUT2D eigenvalue weighted by Gasteiger charge is 2.20. The molecule has 1 aromatic rings. The van der Waals surface area contributed by atoms with E-state index in [1.807, 2.05) is 6.92 Å². The van der Waals surface area contributed by atoms with E-state index in [4.69, 9.17) is 76.9 Å². The van der Waals surface area contributed by atoms with Crippen LogP contribution in [0.1, 0.15) is 23.7 Å². The predicted octanol–water partition coefficient (Wildman–Crippen LogP) is 0.516. The fraction of sp³-hybridized carbons (Fsp3) is 0.794. The molecule has 51 heavy (non-hydrogen) atoms. The molecule has 0 spiro atoms. The summed E-state index contributed by atoms with van der Waals surface area (Å²) in [6.07, 6.45) is 0.662. The molecule has 3 N–H and O–H groups in total. The first-order valence-corrected chi connectivity index (χ1v) is 17.4. The van der Waals surface area contributed by atoms with E-state index in [1.165, 1.54) is 0 Å². The molecule has 0 aliphatic heterocycles. The molecule has 0 aromatic heterocycles. The largest absolute Gasteiger partial charge is 0.487 e. The van der Waals surface area contributed by atoms with E-state index in [2.05, 4.69) is 0 Å². The molecule has 0 unspecified atom stereocenters. The number of carbonyl (C=O) groups is 1. The second kappa shape index (κ2) is 36.0. The lowest BCUT2D eigenvalue weighted by Crippen LogP contribution is -2.16. The molecule has 1 aromatic carbocycles. The van der Waals surface area contributed by atoms with E-state index in [9.17, 15) is 4.79 Å². The summed E-state index contributed by atoms with van der Waals surface area (Å²) >= 11 is 0. The maximum absolute atomic E-state index is 12.9. The number of esters is 1. The average molecular weight is 741 g/mol. The second-order valence-electron chi connectivity index (χ2n) is 10.2. The Morgan fingerprint density at radius 1 is 0.431 bits per heavy atom. The minimum absolute atomic E-state index is 0.0325. The van der Waals surface area contributed by atoms with Crippen molar-refractivity contribution in [1.29, 1.82) is 0 Å². The number of aliphatic hydroxyl groups is 3. The van der Waals surface area contributed by atoms with Gasteiger partial charge in [-0.15, -0.1) is 0 Å². The topological polar surface area (TPSA) is 198 Å². The fourth-order valence-electron chi connectivity index (χ4n) is 3.77. The van der Waals surface area contributed by atoms with Crippen LogP contribution in [0.25, 0.3) is 0 Å². The molecule has 0 aliphatic rings. The molecule has 0 saturated heterocycles. The summed E-state index contributed by atoms with van der Waals surface area (Å²) in [5, 5.41) is 26.2. The number of aliphatic hydroxyl groups excluding tert-OH is 3. The van der Waals surface area contributed by atoms with Gasteiger partial charge in [-0.3, -0.25) is 0 Å². The van der Waals surface area contributed by atoms with Crippen molar-refractivity contribution >= 4 is 5.97 Å². The molecule has 17 nitrogen and oxygen atoms in total. The van der Waals surface area contributed by atoms with E-state index < -0.39 is 5.97 Å². The molecule has 0 fully saturated rings. The number of ether oxygens (including phenoxy) is 13. The van der Waals surface area contributed by atoms with Crippen LogP contribution >= 0.6 is 0 Å². The van der Waals surface area contributed by atoms with E-state index in [0.29, 0.717) is 85.7 Å². The highest BCUT2D eigenvalue weighted by Crippen LogP contribution is 2.39. The molecule has 1 rings (SSSR count). The molecule has 0 amide bonds. The molecular weight excluding hydrogens is 680 g/mol. The number of benzene rings is 1. The van der Waals surface area contributed by atoms with Crippen molar-refractivity contribution in [2.24, 2.45) is 0 Å². The van der Waals surface area contributed by atoms with Crippen LogP contribution < -0.4 is 14.2 Å². The molecule has 0 atom stereocenters. The Bertz CT molecular complexity index is 876. The number of rotatable bonds is 39. The van der Waals surface area contributed by atoms with Gasteiger partial charge >= 0.3 is 5.97 Å². The van der Waals surface area contributed by atoms with Crippen LogP contribution in [-0.4, -0.2) is 186 Å². The van der Waals surface area contributed by atoms with Gasteiger partial charge in [0.1, 0.15) is 19.8 Å². The van der Waals surface area contributed by atoms with Crippen molar-refractivity contribution in [3.8, 4) is 17.2 Å². The lowest BCUT2D eigenvalue weighted by Gasteiger charge is -2.19. The SMILES string of the molecule is CCCOC(=O)c1cc(OCCOCCOCCOCCO)c(OCCOCCOCCOCCO)c(OCCOCCOCCOCCO)c1. The van der Waals surface area contributed by atoms with Crippen molar-refractivity contribution in [2.75, 3.05) is 165 Å². The molecule has 0 bridgehead atoms. The first kappa shape index (κ1) is 46.6. The first-order valence-electron chi connectivity index (χ1n) is 17.4. The van der Waals surface area contributed by atoms with E-state index in [1.54, 1.807) is 12.1 Å². The Balaban J connectivity index is 2.76. The van der Waals surface area contributed by atoms with E-state index in [0.717, 1.165) is 0 Å². The zero-order chi connectivity index (χ0) is 36.9. The Kier molecular flexibility index (Phi) is 32.9. The Morgan fingerprint density at radius 2 is 0.725 bits per heavy atom. The molecule has 0 radical (unpaired) electrons. The maximum atomic E-state index is 12.9. The fourth-order valence-corrected chi connectivity index (χ4v) is 3.77. The van der Waals surface area contributed by atoms with Gasteiger partial charge in [-0.25, -0.2) is 4.79 Å². The van der Waals surface area contributed by atoms with Crippen LogP contribution in [0.2, 0.25) is 0 Å². The molecule has 0 saturated carbocycles. The lowest BCUT2D eigenvalue weighted by molar-refractivity contribution is 0.00154. The van der Waals surface area contributed by atoms with Crippen molar-refractivity contribution in [3.63, 3.8) is 0 Å². The quantitative estimate of drug-likeness (QED) is 0.0623.